The van der Waals surface area contributed by atoms with E-state index in [4.69, 9.17) is 9.84 Å². The van der Waals surface area contributed by atoms with Gasteiger partial charge in [0.2, 0.25) is 0 Å². The Morgan fingerprint density at radius 2 is 2.19 bits per heavy atom. The Morgan fingerprint density at radius 1 is 1.43 bits per heavy atom. The number of anilines is 1. The lowest BCUT2D eigenvalue weighted by molar-refractivity contribution is 0.0232. The quantitative estimate of drug-likeness (QED) is 0.795. The van der Waals surface area contributed by atoms with Crippen molar-refractivity contribution in [2.45, 2.75) is 32.3 Å². The monoisotopic (exact) mass is 292 g/mol. The first kappa shape index (κ1) is 15.3. The first-order valence-electron chi connectivity index (χ1n) is 6.92. The van der Waals surface area contributed by atoms with Gasteiger partial charge in [-0.1, -0.05) is 6.07 Å². The van der Waals surface area contributed by atoms with Crippen LogP contribution in [0, 0.1) is 6.92 Å². The molecule has 1 atom stereocenters. The van der Waals surface area contributed by atoms with Gasteiger partial charge in [0.1, 0.15) is 0 Å². The summed E-state index contributed by atoms with van der Waals surface area (Å²) in [5.41, 5.74) is 0.976. The van der Waals surface area contributed by atoms with E-state index < -0.39 is 5.97 Å². The number of hydrogen-bond acceptors (Lipinski definition) is 3. The van der Waals surface area contributed by atoms with Crippen LogP contribution in [0.2, 0.25) is 0 Å². The molecule has 1 aliphatic heterocycles. The zero-order valence-electron chi connectivity index (χ0n) is 12.2. The molecule has 1 fully saturated rings. The smallest absolute Gasteiger partial charge is 0.336 e. The number of rotatable bonds is 4. The molecule has 0 radical (unpaired) electrons. The summed E-state index contributed by atoms with van der Waals surface area (Å²) in [6.07, 6.45) is 1.92. The molecule has 0 spiro atoms. The number of hydrogen-bond donors (Lipinski definition) is 3. The molecule has 2 rings (SSSR count). The Morgan fingerprint density at radius 3 is 2.81 bits per heavy atom. The number of carbonyl (C=O) groups is 2. The molecule has 21 heavy (non-hydrogen) atoms. The molecular formula is C15H20N2O4. The van der Waals surface area contributed by atoms with Crippen LogP contribution in [0.5, 0.6) is 0 Å². The molecule has 0 saturated carbocycles. The van der Waals surface area contributed by atoms with Gasteiger partial charge in [0.05, 0.1) is 11.2 Å². The van der Waals surface area contributed by atoms with Gasteiger partial charge in [0.15, 0.2) is 0 Å². The molecular weight excluding hydrogens is 272 g/mol. The van der Waals surface area contributed by atoms with E-state index in [9.17, 15) is 9.59 Å². The van der Waals surface area contributed by atoms with Crippen molar-refractivity contribution in [2.75, 3.05) is 18.5 Å². The highest BCUT2D eigenvalue weighted by atomic mass is 16.5. The molecule has 0 aromatic heterocycles. The Bertz CT molecular complexity index is 551. The van der Waals surface area contributed by atoms with E-state index >= 15 is 0 Å². The van der Waals surface area contributed by atoms with Crippen LogP contribution in [0.4, 0.5) is 10.5 Å². The van der Waals surface area contributed by atoms with Crippen LogP contribution in [0.25, 0.3) is 0 Å². The van der Waals surface area contributed by atoms with Gasteiger partial charge >= 0.3 is 12.0 Å². The van der Waals surface area contributed by atoms with Gasteiger partial charge < -0.3 is 20.5 Å². The lowest BCUT2D eigenvalue weighted by Crippen LogP contribution is -2.41. The Kier molecular flexibility index (Phi) is 4.47. The van der Waals surface area contributed by atoms with E-state index in [0.717, 1.165) is 19.4 Å². The second-order valence-corrected chi connectivity index (χ2v) is 5.54. The van der Waals surface area contributed by atoms with Gasteiger partial charge in [-0.05, 0) is 44.4 Å². The molecule has 2 amide bonds. The van der Waals surface area contributed by atoms with Crippen molar-refractivity contribution >= 4 is 17.7 Å². The average molecular weight is 292 g/mol. The third kappa shape index (κ3) is 3.95. The highest BCUT2D eigenvalue weighted by Gasteiger charge is 2.29. The molecule has 6 nitrogen and oxygen atoms in total. The van der Waals surface area contributed by atoms with Gasteiger partial charge in [-0.15, -0.1) is 0 Å². The number of aromatic carboxylic acids is 1. The summed E-state index contributed by atoms with van der Waals surface area (Å²) in [6, 6.07) is 4.42. The van der Waals surface area contributed by atoms with Crippen LogP contribution in [0.3, 0.4) is 0 Å². The normalized spacial score (nSPS) is 21.0. The number of aryl methyl sites for hydroxylation is 1. The minimum absolute atomic E-state index is 0.180. The van der Waals surface area contributed by atoms with Crippen molar-refractivity contribution in [1.82, 2.24) is 5.32 Å². The summed E-state index contributed by atoms with van der Waals surface area (Å²) in [6.45, 7) is 4.83. The van der Waals surface area contributed by atoms with E-state index in [-0.39, 0.29) is 17.2 Å². The van der Waals surface area contributed by atoms with Gasteiger partial charge in [0, 0.05) is 18.8 Å². The van der Waals surface area contributed by atoms with Gasteiger partial charge in [0.25, 0.3) is 0 Å². The number of ether oxygens (including phenoxy) is 1. The van der Waals surface area contributed by atoms with Crippen LogP contribution < -0.4 is 10.6 Å². The molecule has 1 aromatic rings. The first-order valence-corrected chi connectivity index (χ1v) is 6.92. The lowest BCUT2D eigenvalue weighted by atomic mass is 10.0. The number of carboxylic acid groups (broad SMARTS) is 1. The zero-order chi connectivity index (χ0) is 15.5. The fourth-order valence-electron chi connectivity index (χ4n) is 2.35. The van der Waals surface area contributed by atoms with Crippen LogP contribution >= 0.6 is 0 Å². The predicted molar refractivity (Wildman–Crippen MR) is 78.8 cm³/mol. The summed E-state index contributed by atoms with van der Waals surface area (Å²) >= 11 is 0. The molecule has 1 saturated heterocycles. The number of urea groups is 1. The predicted octanol–water partition coefficient (Wildman–Crippen LogP) is 2.38. The molecule has 1 aliphatic rings. The maximum Gasteiger partial charge on any atom is 0.336 e. The number of benzene rings is 1. The van der Waals surface area contributed by atoms with Crippen LogP contribution in [0.1, 0.15) is 35.7 Å². The van der Waals surface area contributed by atoms with Crippen LogP contribution in [-0.2, 0) is 4.74 Å². The molecule has 1 aromatic carbocycles. The second-order valence-electron chi connectivity index (χ2n) is 5.54. The van der Waals surface area contributed by atoms with Crippen molar-refractivity contribution in [3.8, 4) is 0 Å². The summed E-state index contributed by atoms with van der Waals surface area (Å²) in [4.78, 5) is 22.9. The summed E-state index contributed by atoms with van der Waals surface area (Å²) in [7, 11) is 0. The topological polar surface area (TPSA) is 87.7 Å². The summed E-state index contributed by atoms with van der Waals surface area (Å²) < 4.78 is 5.59. The zero-order valence-corrected chi connectivity index (χ0v) is 12.2. The van der Waals surface area contributed by atoms with E-state index in [1.807, 2.05) is 6.92 Å². The van der Waals surface area contributed by atoms with Gasteiger partial charge in [-0.2, -0.15) is 0 Å². The average Bonchev–Trinajstić information content (AvgIpc) is 2.86. The minimum atomic E-state index is -1.01. The van der Waals surface area contributed by atoms with E-state index in [1.165, 1.54) is 6.07 Å². The number of nitrogens with one attached hydrogen (secondary N) is 2. The summed E-state index contributed by atoms with van der Waals surface area (Å²) in [5.74, 6) is -1.01. The van der Waals surface area contributed by atoms with Gasteiger partial charge in [-0.25, -0.2) is 9.59 Å². The van der Waals surface area contributed by atoms with Crippen molar-refractivity contribution < 1.29 is 19.4 Å². The number of carboxylic acids is 1. The molecule has 3 N–H and O–H groups in total. The molecule has 1 unspecified atom stereocenters. The Balaban J connectivity index is 1.93. The molecule has 1 heterocycles. The fraction of sp³-hybridized carbons (Fsp3) is 0.467. The van der Waals surface area contributed by atoms with Crippen molar-refractivity contribution in [3.63, 3.8) is 0 Å². The molecule has 0 aliphatic carbocycles. The standard InChI is InChI=1S/C15H20N2O4/c1-10-4-5-11(8-12(10)13(18)19)17-14(20)16-9-15(2)6-3-7-21-15/h4-5,8H,3,6-7,9H2,1-2H3,(H,18,19)(H2,16,17,20). The van der Waals surface area contributed by atoms with E-state index in [2.05, 4.69) is 10.6 Å². The van der Waals surface area contributed by atoms with Crippen molar-refractivity contribution in [3.05, 3.63) is 29.3 Å². The number of amides is 2. The fourth-order valence-corrected chi connectivity index (χ4v) is 2.35. The lowest BCUT2D eigenvalue weighted by Gasteiger charge is -2.23. The van der Waals surface area contributed by atoms with Gasteiger partial charge in [-0.3, -0.25) is 0 Å². The second kappa shape index (κ2) is 6.13. The highest BCUT2D eigenvalue weighted by Crippen LogP contribution is 2.24. The molecule has 0 bridgehead atoms. The minimum Gasteiger partial charge on any atom is -0.478 e. The Labute approximate surface area is 123 Å². The van der Waals surface area contributed by atoms with E-state index in [1.54, 1.807) is 19.1 Å². The maximum atomic E-state index is 11.9. The SMILES string of the molecule is Cc1ccc(NC(=O)NCC2(C)CCCO2)cc1C(=O)O. The maximum absolute atomic E-state index is 11.9. The van der Waals surface area contributed by atoms with E-state index in [0.29, 0.717) is 17.8 Å². The third-order valence-electron chi connectivity index (χ3n) is 3.65. The Hall–Kier alpha value is -2.08. The third-order valence-corrected chi connectivity index (χ3v) is 3.65. The largest absolute Gasteiger partial charge is 0.478 e. The van der Waals surface area contributed by atoms with Crippen molar-refractivity contribution in [1.29, 1.82) is 0 Å². The summed E-state index contributed by atoms with van der Waals surface area (Å²) in [5, 5.41) is 14.5. The van der Waals surface area contributed by atoms with Crippen LogP contribution in [0.15, 0.2) is 18.2 Å². The van der Waals surface area contributed by atoms with Crippen LogP contribution in [-0.4, -0.2) is 35.9 Å². The first-order chi connectivity index (χ1) is 9.89. The highest BCUT2D eigenvalue weighted by molar-refractivity contribution is 5.94. The molecule has 6 heteroatoms. The van der Waals surface area contributed by atoms with Crippen molar-refractivity contribution in [2.24, 2.45) is 0 Å². The number of carbonyl (C=O) groups excluding carboxylic acids is 1. The molecule has 114 valence electrons.